The van der Waals surface area contributed by atoms with Gasteiger partial charge < -0.3 is 5.32 Å². The number of aromatic nitrogens is 1. The summed E-state index contributed by atoms with van der Waals surface area (Å²) in [6.45, 7) is 8.36. The first-order valence-corrected chi connectivity index (χ1v) is 7.18. The molecule has 0 bridgehead atoms. The van der Waals surface area contributed by atoms with Gasteiger partial charge in [-0.25, -0.2) is 0 Å². The highest BCUT2D eigenvalue weighted by Crippen LogP contribution is 2.25. The zero-order valence-electron chi connectivity index (χ0n) is 13.1. The largest absolute Gasteiger partial charge is 0.378 e. The van der Waals surface area contributed by atoms with Gasteiger partial charge in [0.2, 0.25) is 0 Å². The number of nitriles is 1. The monoisotopic (exact) mass is 279 g/mol. The third kappa shape index (κ3) is 3.61. The summed E-state index contributed by atoms with van der Waals surface area (Å²) in [6, 6.07) is 12.5. The van der Waals surface area contributed by atoms with Crippen LogP contribution in [0.2, 0.25) is 0 Å². The van der Waals surface area contributed by atoms with Gasteiger partial charge in [-0.15, -0.1) is 0 Å². The molecule has 3 heteroatoms. The van der Waals surface area contributed by atoms with Crippen LogP contribution in [-0.2, 0) is 6.42 Å². The number of anilines is 1. The van der Waals surface area contributed by atoms with E-state index in [0.717, 1.165) is 22.6 Å². The topological polar surface area (TPSA) is 48.7 Å². The Hall–Kier alpha value is -2.34. The summed E-state index contributed by atoms with van der Waals surface area (Å²) in [4.78, 5) is 4.56. The van der Waals surface area contributed by atoms with Crippen molar-refractivity contribution in [3.63, 3.8) is 0 Å². The van der Waals surface area contributed by atoms with Crippen LogP contribution in [0, 0.1) is 32.1 Å². The second-order valence-electron chi connectivity index (χ2n) is 5.48. The average Bonchev–Trinajstić information content (AvgIpc) is 2.40. The van der Waals surface area contributed by atoms with Crippen LogP contribution in [-0.4, -0.2) is 4.98 Å². The molecule has 0 saturated heterocycles. The molecule has 0 aliphatic rings. The van der Waals surface area contributed by atoms with Gasteiger partial charge >= 0.3 is 0 Å². The molecule has 1 aromatic carbocycles. The lowest BCUT2D eigenvalue weighted by Crippen LogP contribution is -2.11. The molecule has 1 unspecified atom stereocenters. The number of nitrogens with zero attached hydrogens (tertiary/aromatic N) is 2. The molecule has 0 amide bonds. The Balaban J connectivity index is 2.18. The van der Waals surface area contributed by atoms with Gasteiger partial charge in [0.25, 0.3) is 0 Å². The predicted molar refractivity (Wildman–Crippen MR) is 86.2 cm³/mol. The Morgan fingerprint density at radius 3 is 2.43 bits per heavy atom. The molecule has 0 fully saturated rings. The van der Waals surface area contributed by atoms with E-state index in [1.165, 1.54) is 11.1 Å². The minimum absolute atomic E-state index is 0.194. The van der Waals surface area contributed by atoms with Crippen LogP contribution >= 0.6 is 0 Å². The second-order valence-corrected chi connectivity index (χ2v) is 5.48. The molecule has 108 valence electrons. The van der Waals surface area contributed by atoms with Crippen LogP contribution in [0.25, 0.3) is 0 Å². The van der Waals surface area contributed by atoms with E-state index in [-0.39, 0.29) is 6.04 Å². The van der Waals surface area contributed by atoms with Crippen LogP contribution in [0.15, 0.2) is 30.3 Å². The molecule has 3 nitrogen and oxygen atoms in total. The number of pyridine rings is 1. The van der Waals surface area contributed by atoms with Crippen molar-refractivity contribution in [3.05, 3.63) is 58.4 Å². The Morgan fingerprint density at radius 2 is 1.86 bits per heavy atom. The highest BCUT2D eigenvalue weighted by Gasteiger charge is 2.13. The van der Waals surface area contributed by atoms with Crippen molar-refractivity contribution in [2.24, 2.45) is 0 Å². The van der Waals surface area contributed by atoms with Gasteiger partial charge in [0.15, 0.2) is 0 Å². The standard InChI is InChI=1S/C18H21N3/c1-12-11-13(2)20-14(3)18(12)15(4)21-17-7-5-16(6-8-17)9-10-19/h5-8,11,15,21H,9H2,1-4H3. The number of benzene rings is 1. The van der Waals surface area contributed by atoms with Gasteiger partial charge in [0.05, 0.1) is 18.5 Å². The quantitative estimate of drug-likeness (QED) is 0.910. The molecule has 0 saturated carbocycles. The minimum Gasteiger partial charge on any atom is -0.378 e. The average molecular weight is 279 g/mol. The molecular weight excluding hydrogens is 258 g/mol. The zero-order valence-corrected chi connectivity index (χ0v) is 13.1. The number of rotatable bonds is 4. The van der Waals surface area contributed by atoms with Gasteiger partial charge in [-0.3, -0.25) is 4.98 Å². The number of aryl methyl sites for hydroxylation is 3. The van der Waals surface area contributed by atoms with Crippen LogP contribution in [0.5, 0.6) is 0 Å². The van der Waals surface area contributed by atoms with Gasteiger partial charge in [-0.2, -0.15) is 5.26 Å². The van der Waals surface area contributed by atoms with Crippen molar-refractivity contribution in [1.82, 2.24) is 4.98 Å². The molecule has 21 heavy (non-hydrogen) atoms. The van der Waals surface area contributed by atoms with Crippen molar-refractivity contribution in [2.45, 2.75) is 40.2 Å². The van der Waals surface area contributed by atoms with Crippen LogP contribution < -0.4 is 5.32 Å². The molecular formula is C18H21N3. The van der Waals surface area contributed by atoms with E-state index in [1.807, 2.05) is 31.2 Å². The zero-order chi connectivity index (χ0) is 15.4. The fourth-order valence-corrected chi connectivity index (χ4v) is 2.82. The maximum Gasteiger partial charge on any atom is 0.0669 e. The van der Waals surface area contributed by atoms with Crippen molar-refractivity contribution in [2.75, 3.05) is 5.32 Å². The lowest BCUT2D eigenvalue weighted by molar-refractivity contribution is 0.843. The van der Waals surface area contributed by atoms with E-state index in [1.54, 1.807) is 0 Å². The lowest BCUT2D eigenvalue weighted by Gasteiger charge is -2.20. The first-order valence-electron chi connectivity index (χ1n) is 7.18. The summed E-state index contributed by atoms with van der Waals surface area (Å²) in [5.41, 5.74) is 6.75. The van der Waals surface area contributed by atoms with Gasteiger partial charge in [0.1, 0.15) is 0 Å². The highest BCUT2D eigenvalue weighted by atomic mass is 14.9. The van der Waals surface area contributed by atoms with Crippen molar-refractivity contribution in [1.29, 1.82) is 5.26 Å². The summed E-state index contributed by atoms with van der Waals surface area (Å²) < 4.78 is 0. The third-order valence-electron chi connectivity index (χ3n) is 3.64. The summed E-state index contributed by atoms with van der Waals surface area (Å²) in [5, 5.41) is 12.2. The maximum absolute atomic E-state index is 8.69. The predicted octanol–water partition coefficient (Wildman–Crippen LogP) is 4.25. The first kappa shape index (κ1) is 15.1. The third-order valence-corrected chi connectivity index (χ3v) is 3.64. The fraction of sp³-hybridized carbons (Fsp3) is 0.333. The highest BCUT2D eigenvalue weighted by molar-refractivity contribution is 5.48. The van der Waals surface area contributed by atoms with E-state index in [2.05, 4.69) is 43.2 Å². The molecule has 0 radical (unpaired) electrons. The van der Waals surface area contributed by atoms with Crippen molar-refractivity contribution < 1.29 is 0 Å². The number of hydrogen-bond donors (Lipinski definition) is 1. The number of nitrogens with one attached hydrogen (secondary N) is 1. The lowest BCUT2D eigenvalue weighted by atomic mass is 10.00. The normalized spacial score (nSPS) is 11.8. The van der Waals surface area contributed by atoms with Gasteiger partial charge in [0, 0.05) is 17.1 Å². The summed E-state index contributed by atoms with van der Waals surface area (Å²) in [7, 11) is 0. The summed E-state index contributed by atoms with van der Waals surface area (Å²) in [6.07, 6.45) is 0.454. The molecule has 0 aliphatic carbocycles. The van der Waals surface area contributed by atoms with Gasteiger partial charge in [-0.1, -0.05) is 12.1 Å². The molecule has 1 heterocycles. The smallest absolute Gasteiger partial charge is 0.0669 e. The Kier molecular flexibility index (Phi) is 4.59. The maximum atomic E-state index is 8.69. The Labute approximate surface area is 126 Å². The molecule has 0 spiro atoms. The molecule has 1 atom stereocenters. The van der Waals surface area contributed by atoms with Crippen molar-refractivity contribution >= 4 is 5.69 Å². The second kappa shape index (κ2) is 6.41. The first-order chi connectivity index (χ1) is 10.0. The van der Waals surface area contributed by atoms with E-state index in [0.29, 0.717) is 6.42 Å². The number of hydrogen-bond acceptors (Lipinski definition) is 3. The van der Waals surface area contributed by atoms with E-state index < -0.39 is 0 Å². The minimum atomic E-state index is 0.194. The molecule has 1 aromatic heterocycles. The fourth-order valence-electron chi connectivity index (χ4n) is 2.82. The van der Waals surface area contributed by atoms with Gasteiger partial charge in [-0.05, 0) is 62.6 Å². The molecule has 1 N–H and O–H groups in total. The SMILES string of the molecule is Cc1cc(C)c(C(C)Nc2ccc(CC#N)cc2)c(C)n1. The van der Waals surface area contributed by atoms with E-state index in [4.69, 9.17) is 5.26 Å². The van der Waals surface area contributed by atoms with Crippen LogP contribution in [0.3, 0.4) is 0 Å². The Bertz CT molecular complexity index is 643. The van der Waals surface area contributed by atoms with Crippen LogP contribution in [0.4, 0.5) is 5.69 Å². The summed E-state index contributed by atoms with van der Waals surface area (Å²) >= 11 is 0. The molecule has 2 rings (SSSR count). The van der Waals surface area contributed by atoms with E-state index >= 15 is 0 Å². The van der Waals surface area contributed by atoms with Crippen molar-refractivity contribution in [3.8, 4) is 6.07 Å². The molecule has 0 aliphatic heterocycles. The van der Waals surface area contributed by atoms with Crippen LogP contribution in [0.1, 0.15) is 41.0 Å². The Morgan fingerprint density at radius 1 is 1.19 bits per heavy atom. The summed E-state index contributed by atoms with van der Waals surface area (Å²) in [5.74, 6) is 0. The van der Waals surface area contributed by atoms with E-state index in [9.17, 15) is 0 Å². The molecule has 2 aromatic rings.